The summed E-state index contributed by atoms with van der Waals surface area (Å²) >= 11 is 0. The Labute approximate surface area is 104 Å². The topological polar surface area (TPSA) is 60.2 Å². The minimum atomic E-state index is -0.195. The maximum atomic E-state index is 5.87. The number of fused-ring (bicyclic) bond motifs is 1. The molecule has 0 spiro atoms. The van der Waals surface area contributed by atoms with Gasteiger partial charge in [-0.05, 0) is 25.0 Å². The van der Waals surface area contributed by atoms with Gasteiger partial charge in [0.25, 0.3) is 5.89 Å². The molecule has 18 heavy (non-hydrogen) atoms. The summed E-state index contributed by atoms with van der Waals surface area (Å²) in [4.78, 5) is 4.43. The molecule has 1 saturated carbocycles. The number of para-hydroxylation sites is 2. The van der Waals surface area contributed by atoms with Crippen molar-refractivity contribution in [3.8, 4) is 5.75 Å². The van der Waals surface area contributed by atoms with Gasteiger partial charge in [-0.2, -0.15) is 4.98 Å². The van der Waals surface area contributed by atoms with Gasteiger partial charge in [0.15, 0.2) is 11.9 Å². The van der Waals surface area contributed by atoms with Gasteiger partial charge >= 0.3 is 0 Å². The molecule has 5 heteroatoms. The van der Waals surface area contributed by atoms with Gasteiger partial charge in [-0.15, -0.1) is 0 Å². The minimum Gasteiger partial charge on any atom is -0.477 e. The van der Waals surface area contributed by atoms with Crippen LogP contribution in [0.3, 0.4) is 0 Å². The lowest BCUT2D eigenvalue weighted by atomic mass is 10.2. The smallest absolute Gasteiger partial charge is 0.269 e. The summed E-state index contributed by atoms with van der Waals surface area (Å²) < 4.78 is 11.2. The van der Waals surface area contributed by atoms with Gasteiger partial charge in [-0.1, -0.05) is 17.3 Å². The van der Waals surface area contributed by atoms with Crippen molar-refractivity contribution in [2.24, 2.45) is 0 Å². The van der Waals surface area contributed by atoms with Crippen LogP contribution < -0.4 is 10.1 Å². The van der Waals surface area contributed by atoms with Gasteiger partial charge in [-0.3, -0.25) is 0 Å². The van der Waals surface area contributed by atoms with Crippen LogP contribution in [-0.2, 0) is 0 Å². The fraction of sp³-hybridized carbons (Fsp3) is 0.385. The lowest BCUT2D eigenvalue weighted by Crippen LogP contribution is -2.23. The number of ether oxygens (including phenoxy) is 1. The van der Waals surface area contributed by atoms with Crippen molar-refractivity contribution in [2.75, 3.05) is 11.9 Å². The average molecular weight is 243 g/mol. The van der Waals surface area contributed by atoms with Crippen molar-refractivity contribution >= 4 is 5.69 Å². The van der Waals surface area contributed by atoms with E-state index in [1.807, 2.05) is 24.3 Å². The Hall–Kier alpha value is -2.04. The molecule has 1 aliphatic heterocycles. The molecule has 92 valence electrons. The van der Waals surface area contributed by atoms with Crippen molar-refractivity contribution in [3.63, 3.8) is 0 Å². The molecule has 0 radical (unpaired) electrons. The SMILES string of the molecule is c1ccc2c(c1)NCC(c1nc(C3CC3)no1)O2. The van der Waals surface area contributed by atoms with E-state index >= 15 is 0 Å². The number of anilines is 1. The van der Waals surface area contributed by atoms with Crippen LogP contribution in [-0.4, -0.2) is 16.7 Å². The van der Waals surface area contributed by atoms with E-state index in [1.165, 1.54) is 12.8 Å². The second kappa shape index (κ2) is 3.73. The van der Waals surface area contributed by atoms with Crippen LogP contribution in [0.2, 0.25) is 0 Å². The zero-order valence-corrected chi connectivity index (χ0v) is 9.80. The third-order valence-corrected chi connectivity index (χ3v) is 3.31. The number of hydrogen-bond donors (Lipinski definition) is 1. The van der Waals surface area contributed by atoms with Crippen LogP contribution in [0.15, 0.2) is 28.8 Å². The summed E-state index contributed by atoms with van der Waals surface area (Å²) in [6.07, 6.45) is 2.15. The van der Waals surface area contributed by atoms with Crippen molar-refractivity contribution in [2.45, 2.75) is 24.9 Å². The van der Waals surface area contributed by atoms with Gasteiger partial charge in [0.05, 0.1) is 12.2 Å². The van der Waals surface area contributed by atoms with Crippen LogP contribution in [0.5, 0.6) is 5.75 Å². The molecule has 1 N–H and O–H groups in total. The number of rotatable bonds is 2. The molecule has 5 nitrogen and oxygen atoms in total. The monoisotopic (exact) mass is 243 g/mol. The lowest BCUT2D eigenvalue weighted by Gasteiger charge is -2.24. The van der Waals surface area contributed by atoms with E-state index < -0.39 is 0 Å². The summed E-state index contributed by atoms with van der Waals surface area (Å²) in [5.41, 5.74) is 1.01. The molecule has 4 rings (SSSR count). The second-order valence-electron chi connectivity index (χ2n) is 4.75. The first-order chi connectivity index (χ1) is 8.90. The number of nitrogens with zero attached hydrogens (tertiary/aromatic N) is 2. The highest BCUT2D eigenvalue weighted by Crippen LogP contribution is 2.39. The fourth-order valence-corrected chi connectivity index (χ4v) is 2.14. The average Bonchev–Trinajstić information content (AvgIpc) is 3.16. The largest absolute Gasteiger partial charge is 0.477 e. The molecular weight excluding hydrogens is 230 g/mol. The van der Waals surface area contributed by atoms with Gasteiger partial charge in [-0.25, -0.2) is 0 Å². The standard InChI is InChI=1S/C13H13N3O2/c1-2-4-10-9(3-1)14-7-11(17-10)13-15-12(16-18-13)8-5-6-8/h1-4,8,11,14H,5-7H2. The molecule has 2 heterocycles. The van der Waals surface area contributed by atoms with Gasteiger partial charge in [0.2, 0.25) is 0 Å². The number of aromatic nitrogens is 2. The Kier molecular flexibility index (Phi) is 2.06. The van der Waals surface area contributed by atoms with E-state index in [0.717, 1.165) is 17.3 Å². The quantitative estimate of drug-likeness (QED) is 0.878. The van der Waals surface area contributed by atoms with E-state index in [9.17, 15) is 0 Å². The van der Waals surface area contributed by atoms with Crippen LogP contribution in [0.4, 0.5) is 5.69 Å². The summed E-state index contributed by atoms with van der Waals surface area (Å²) in [7, 11) is 0. The highest BCUT2D eigenvalue weighted by atomic mass is 16.5. The highest BCUT2D eigenvalue weighted by molar-refractivity contribution is 5.57. The third kappa shape index (κ3) is 1.63. The van der Waals surface area contributed by atoms with Gasteiger partial charge in [0.1, 0.15) is 5.75 Å². The van der Waals surface area contributed by atoms with Crippen molar-refractivity contribution in [1.29, 1.82) is 0 Å². The molecule has 0 bridgehead atoms. The predicted molar refractivity (Wildman–Crippen MR) is 64.6 cm³/mol. The van der Waals surface area contributed by atoms with E-state index in [-0.39, 0.29) is 6.10 Å². The summed E-state index contributed by atoms with van der Waals surface area (Å²) in [6, 6.07) is 7.86. The summed E-state index contributed by atoms with van der Waals surface area (Å²) in [5.74, 6) is 2.73. The molecule has 1 unspecified atom stereocenters. The van der Waals surface area contributed by atoms with Crippen molar-refractivity contribution < 1.29 is 9.26 Å². The van der Waals surface area contributed by atoms with Gasteiger partial charge < -0.3 is 14.6 Å². The van der Waals surface area contributed by atoms with Crippen LogP contribution in [0.1, 0.15) is 36.6 Å². The first-order valence-electron chi connectivity index (χ1n) is 6.23. The zero-order valence-electron chi connectivity index (χ0n) is 9.80. The Morgan fingerprint density at radius 1 is 1.22 bits per heavy atom. The van der Waals surface area contributed by atoms with Gasteiger partial charge in [0, 0.05) is 5.92 Å². The highest BCUT2D eigenvalue weighted by Gasteiger charge is 2.32. The first kappa shape index (κ1) is 9.94. The zero-order chi connectivity index (χ0) is 11.9. The minimum absolute atomic E-state index is 0.195. The first-order valence-corrected chi connectivity index (χ1v) is 6.23. The predicted octanol–water partition coefficient (Wildman–Crippen LogP) is 2.49. The van der Waals surface area contributed by atoms with E-state index in [2.05, 4.69) is 15.5 Å². The van der Waals surface area contributed by atoms with Crippen molar-refractivity contribution in [3.05, 3.63) is 36.0 Å². The molecule has 1 aliphatic carbocycles. The second-order valence-corrected chi connectivity index (χ2v) is 4.75. The molecule has 2 aromatic rings. The van der Waals surface area contributed by atoms with Crippen LogP contribution in [0.25, 0.3) is 0 Å². The van der Waals surface area contributed by atoms with E-state index in [4.69, 9.17) is 9.26 Å². The number of benzene rings is 1. The Morgan fingerprint density at radius 2 is 2.11 bits per heavy atom. The normalized spacial score (nSPS) is 21.9. The lowest BCUT2D eigenvalue weighted by molar-refractivity contribution is 0.162. The molecule has 1 atom stereocenters. The molecule has 1 aromatic carbocycles. The summed E-state index contributed by atoms with van der Waals surface area (Å²) in [6.45, 7) is 0.656. The fourth-order valence-electron chi connectivity index (χ4n) is 2.14. The van der Waals surface area contributed by atoms with Crippen molar-refractivity contribution in [1.82, 2.24) is 10.1 Å². The molecule has 1 aromatic heterocycles. The number of nitrogens with one attached hydrogen (secondary N) is 1. The maximum absolute atomic E-state index is 5.87. The van der Waals surface area contributed by atoms with Crippen LogP contribution >= 0.6 is 0 Å². The maximum Gasteiger partial charge on any atom is 0.269 e. The Balaban J connectivity index is 1.59. The number of hydrogen-bond acceptors (Lipinski definition) is 5. The molecule has 0 amide bonds. The summed E-state index contributed by atoms with van der Waals surface area (Å²) in [5, 5.41) is 7.33. The third-order valence-electron chi connectivity index (χ3n) is 3.31. The Morgan fingerprint density at radius 3 is 3.00 bits per heavy atom. The molecule has 2 aliphatic rings. The molecule has 0 saturated heterocycles. The van der Waals surface area contributed by atoms with E-state index in [1.54, 1.807) is 0 Å². The Bertz CT molecular complexity index is 577. The van der Waals surface area contributed by atoms with E-state index in [0.29, 0.717) is 18.4 Å². The molecule has 1 fully saturated rings. The van der Waals surface area contributed by atoms with Crippen LogP contribution in [0, 0.1) is 0 Å². The molecular formula is C13H13N3O2.